The summed E-state index contributed by atoms with van der Waals surface area (Å²) >= 11 is 0. The van der Waals surface area contributed by atoms with Gasteiger partial charge in [-0.2, -0.15) is 0 Å². The number of fused-ring (bicyclic) bond motifs is 1. The standard InChI is InChI=1S/C22H30N6O4S/c1-21(2,3)32-20(29)25-16-13-27(14-16)26-18-7-10-24-19-17(18)8-11-28(19)33(30,31)22(4)9-5-6-15(23)12-22/h5-8,10-12,16H,9,13-14,23H2,1-4H3,(H,24,26)(H,25,29). The van der Waals surface area contributed by atoms with Gasteiger partial charge in [0.15, 0.2) is 5.65 Å². The molecule has 2 aliphatic rings. The maximum absolute atomic E-state index is 13.5. The van der Waals surface area contributed by atoms with Crippen LogP contribution in [0.15, 0.2) is 48.5 Å². The summed E-state index contributed by atoms with van der Waals surface area (Å²) in [6.07, 6.45) is 8.03. The molecule has 0 aromatic carbocycles. The van der Waals surface area contributed by atoms with Crippen molar-refractivity contribution in [3.63, 3.8) is 0 Å². The second-order valence-corrected chi connectivity index (χ2v) is 11.9. The molecule has 4 N–H and O–H groups in total. The van der Waals surface area contributed by atoms with Crippen LogP contribution in [0.5, 0.6) is 0 Å². The number of nitrogens with two attached hydrogens (primary N) is 1. The summed E-state index contributed by atoms with van der Waals surface area (Å²) in [4.78, 5) is 16.3. The van der Waals surface area contributed by atoms with Crippen LogP contribution in [0.2, 0.25) is 0 Å². The Bertz CT molecular complexity index is 1240. The fraction of sp³-hybridized carbons (Fsp3) is 0.455. The highest BCUT2D eigenvalue weighted by Crippen LogP contribution is 2.33. The summed E-state index contributed by atoms with van der Waals surface area (Å²) in [6, 6.07) is 3.48. The van der Waals surface area contributed by atoms with E-state index in [0.717, 1.165) is 5.69 Å². The smallest absolute Gasteiger partial charge is 0.407 e. The van der Waals surface area contributed by atoms with Gasteiger partial charge in [-0.05, 0) is 58.4 Å². The number of nitrogens with one attached hydrogen (secondary N) is 2. The molecule has 0 bridgehead atoms. The van der Waals surface area contributed by atoms with Crippen molar-refractivity contribution in [2.75, 3.05) is 18.5 Å². The molecule has 33 heavy (non-hydrogen) atoms. The van der Waals surface area contributed by atoms with Crippen molar-refractivity contribution >= 4 is 32.8 Å². The molecular formula is C22H30N6O4S. The lowest BCUT2D eigenvalue weighted by molar-refractivity contribution is 0.0428. The summed E-state index contributed by atoms with van der Waals surface area (Å²) in [7, 11) is -3.81. The van der Waals surface area contributed by atoms with Crippen LogP contribution in [0.3, 0.4) is 0 Å². The van der Waals surface area contributed by atoms with E-state index in [1.54, 1.807) is 43.5 Å². The van der Waals surface area contributed by atoms with Gasteiger partial charge in [0.05, 0.1) is 11.7 Å². The quantitative estimate of drug-likeness (QED) is 0.602. The Morgan fingerprint density at radius 2 is 2.03 bits per heavy atom. The number of carbonyl (C=O) groups excluding carboxylic acids is 1. The molecule has 1 fully saturated rings. The van der Waals surface area contributed by atoms with E-state index in [0.29, 0.717) is 36.2 Å². The summed E-state index contributed by atoms with van der Waals surface area (Å²) in [6.45, 7) is 8.27. The summed E-state index contributed by atoms with van der Waals surface area (Å²) < 4.78 is 32.3. The maximum Gasteiger partial charge on any atom is 0.407 e. The molecule has 1 atom stereocenters. The van der Waals surface area contributed by atoms with Crippen LogP contribution < -0.4 is 16.5 Å². The summed E-state index contributed by atoms with van der Waals surface area (Å²) in [5.74, 6) is 0. The lowest BCUT2D eigenvalue weighted by Crippen LogP contribution is -2.61. The van der Waals surface area contributed by atoms with Crippen LogP contribution in [-0.2, 0) is 14.8 Å². The molecule has 2 aromatic rings. The van der Waals surface area contributed by atoms with Crippen molar-refractivity contribution in [3.05, 3.63) is 48.5 Å². The van der Waals surface area contributed by atoms with E-state index in [1.165, 1.54) is 10.2 Å². The molecule has 1 aliphatic carbocycles. The monoisotopic (exact) mass is 474 g/mol. The normalized spacial score (nSPS) is 22.0. The van der Waals surface area contributed by atoms with E-state index in [2.05, 4.69) is 15.7 Å². The minimum absolute atomic E-state index is 0.0359. The second kappa shape index (κ2) is 8.07. The third-order valence-electron chi connectivity index (χ3n) is 5.59. The average Bonchev–Trinajstić information content (AvgIpc) is 3.10. The van der Waals surface area contributed by atoms with Gasteiger partial charge in [-0.25, -0.2) is 27.2 Å². The number of amides is 1. The van der Waals surface area contributed by atoms with Crippen LogP contribution >= 0.6 is 0 Å². The number of hydrogen-bond acceptors (Lipinski definition) is 8. The fourth-order valence-corrected chi connectivity index (χ4v) is 5.54. The number of allylic oxidation sites excluding steroid dienone is 2. The first-order valence-electron chi connectivity index (χ1n) is 10.8. The Morgan fingerprint density at radius 1 is 1.30 bits per heavy atom. The van der Waals surface area contributed by atoms with Gasteiger partial charge in [0.2, 0.25) is 10.0 Å². The number of hydrogen-bond donors (Lipinski definition) is 3. The summed E-state index contributed by atoms with van der Waals surface area (Å²) in [5, 5.41) is 5.44. The molecule has 3 heterocycles. The van der Waals surface area contributed by atoms with Crippen LogP contribution in [0, 0.1) is 0 Å². The van der Waals surface area contributed by atoms with Gasteiger partial charge in [0.1, 0.15) is 10.3 Å². The lowest BCUT2D eigenvalue weighted by Gasteiger charge is -2.40. The highest BCUT2D eigenvalue weighted by atomic mass is 32.2. The molecule has 10 nitrogen and oxygen atoms in total. The van der Waals surface area contributed by atoms with E-state index in [9.17, 15) is 13.2 Å². The SMILES string of the molecule is CC(C)(C)OC(=O)NC1CN(Nc2ccnc3c2ccn3S(=O)(=O)C2(C)C=C(N)C=CC2)C1. The Balaban J connectivity index is 1.48. The molecule has 0 spiro atoms. The summed E-state index contributed by atoms with van der Waals surface area (Å²) in [5.41, 5.74) is 10.1. The van der Waals surface area contributed by atoms with Crippen molar-refractivity contribution in [2.45, 2.75) is 50.5 Å². The topological polar surface area (TPSA) is 132 Å². The molecule has 4 rings (SSSR count). The van der Waals surface area contributed by atoms with Crippen molar-refractivity contribution in [2.24, 2.45) is 5.73 Å². The number of alkyl carbamates (subject to hydrolysis) is 1. The predicted octanol–water partition coefficient (Wildman–Crippen LogP) is 2.31. The molecule has 178 valence electrons. The van der Waals surface area contributed by atoms with Crippen LogP contribution in [0.4, 0.5) is 10.5 Å². The van der Waals surface area contributed by atoms with Gasteiger partial charge < -0.3 is 21.2 Å². The Labute approximate surface area is 193 Å². The highest BCUT2D eigenvalue weighted by molar-refractivity contribution is 7.91. The zero-order chi connectivity index (χ0) is 24.0. The van der Waals surface area contributed by atoms with E-state index in [1.807, 2.05) is 25.8 Å². The average molecular weight is 475 g/mol. The largest absolute Gasteiger partial charge is 0.444 e. The first-order chi connectivity index (χ1) is 15.4. The Morgan fingerprint density at radius 3 is 2.70 bits per heavy atom. The van der Waals surface area contributed by atoms with E-state index in [4.69, 9.17) is 10.5 Å². The zero-order valence-electron chi connectivity index (χ0n) is 19.2. The number of aromatic nitrogens is 2. The van der Waals surface area contributed by atoms with Gasteiger partial charge in [0, 0.05) is 36.6 Å². The molecule has 1 amide bonds. The van der Waals surface area contributed by atoms with Gasteiger partial charge in [0.25, 0.3) is 0 Å². The molecule has 0 saturated carbocycles. The second-order valence-electron chi connectivity index (χ2n) is 9.64. The van der Waals surface area contributed by atoms with Crippen LogP contribution in [0.25, 0.3) is 11.0 Å². The molecule has 1 unspecified atom stereocenters. The maximum atomic E-state index is 13.5. The number of hydrazine groups is 1. The minimum Gasteiger partial charge on any atom is -0.444 e. The van der Waals surface area contributed by atoms with E-state index < -0.39 is 26.5 Å². The number of rotatable bonds is 5. The molecule has 11 heteroatoms. The first kappa shape index (κ1) is 23.1. The van der Waals surface area contributed by atoms with Gasteiger partial charge >= 0.3 is 6.09 Å². The van der Waals surface area contributed by atoms with E-state index >= 15 is 0 Å². The molecule has 2 aromatic heterocycles. The predicted molar refractivity (Wildman–Crippen MR) is 127 cm³/mol. The number of pyridine rings is 1. The highest BCUT2D eigenvalue weighted by Gasteiger charge is 2.40. The molecular weight excluding hydrogens is 444 g/mol. The minimum atomic E-state index is -3.81. The van der Waals surface area contributed by atoms with Crippen molar-refractivity contribution in [1.29, 1.82) is 0 Å². The molecule has 1 aliphatic heterocycles. The van der Waals surface area contributed by atoms with Crippen LogP contribution in [0.1, 0.15) is 34.1 Å². The van der Waals surface area contributed by atoms with Crippen LogP contribution in [-0.4, -0.2) is 58.0 Å². The van der Waals surface area contributed by atoms with Gasteiger partial charge in [-0.3, -0.25) is 0 Å². The third kappa shape index (κ3) is 4.55. The Hall–Kier alpha value is -3.05. The number of ether oxygens (including phenoxy) is 1. The number of carbonyl (C=O) groups is 1. The van der Waals surface area contributed by atoms with E-state index in [-0.39, 0.29) is 6.04 Å². The van der Waals surface area contributed by atoms with Gasteiger partial charge in [-0.15, -0.1) is 0 Å². The van der Waals surface area contributed by atoms with Gasteiger partial charge in [-0.1, -0.05) is 6.08 Å². The third-order valence-corrected chi connectivity index (χ3v) is 7.86. The first-order valence-corrected chi connectivity index (χ1v) is 12.2. The lowest BCUT2D eigenvalue weighted by atomic mass is 10.0. The van der Waals surface area contributed by atoms with Crippen molar-refractivity contribution < 1.29 is 17.9 Å². The van der Waals surface area contributed by atoms with Crippen molar-refractivity contribution in [1.82, 2.24) is 19.3 Å². The van der Waals surface area contributed by atoms with Crippen molar-refractivity contribution in [3.8, 4) is 0 Å². The molecule has 1 saturated heterocycles. The molecule has 0 radical (unpaired) electrons. The number of anilines is 1. The fourth-order valence-electron chi connectivity index (χ4n) is 3.91. The Kier molecular flexibility index (Phi) is 5.65. The number of nitrogens with zero attached hydrogens (tertiary/aromatic N) is 3. The zero-order valence-corrected chi connectivity index (χ0v) is 20.0.